The summed E-state index contributed by atoms with van der Waals surface area (Å²) in [5, 5.41) is 2.85. The fourth-order valence-corrected chi connectivity index (χ4v) is 1.73. The third-order valence-electron chi connectivity index (χ3n) is 2.66. The summed E-state index contributed by atoms with van der Waals surface area (Å²) < 4.78 is 0. The molecule has 0 aliphatic rings. The Balaban J connectivity index is 2.24. The molecule has 0 unspecified atom stereocenters. The number of rotatable bonds is 2. The van der Waals surface area contributed by atoms with Gasteiger partial charge in [-0.15, -0.1) is 0 Å². The van der Waals surface area contributed by atoms with Gasteiger partial charge >= 0.3 is 0 Å². The molecule has 2 aromatic rings. The standard InChI is InChI=1S/C16H15N3O/c1-12-11-14(8-10-18-12)16(20)19-15-7-3-2-5-13(15)6-4-9-17/h2-3,5,7-8,10-11H,9,17H2,1H3,(H,19,20). The van der Waals surface area contributed by atoms with Crippen molar-refractivity contribution in [3.05, 3.63) is 59.4 Å². The molecule has 2 rings (SSSR count). The van der Waals surface area contributed by atoms with Gasteiger partial charge in [0.2, 0.25) is 0 Å². The minimum atomic E-state index is -0.183. The molecule has 0 spiro atoms. The Morgan fingerprint density at radius 1 is 1.35 bits per heavy atom. The second-order valence-electron chi connectivity index (χ2n) is 4.19. The van der Waals surface area contributed by atoms with Crippen LogP contribution in [0.5, 0.6) is 0 Å². The van der Waals surface area contributed by atoms with E-state index in [2.05, 4.69) is 22.1 Å². The normalized spacial score (nSPS) is 9.50. The van der Waals surface area contributed by atoms with Crippen molar-refractivity contribution >= 4 is 11.6 Å². The Morgan fingerprint density at radius 2 is 2.15 bits per heavy atom. The number of benzene rings is 1. The summed E-state index contributed by atoms with van der Waals surface area (Å²) >= 11 is 0. The van der Waals surface area contributed by atoms with Gasteiger partial charge < -0.3 is 11.1 Å². The van der Waals surface area contributed by atoms with Crippen LogP contribution in [0.4, 0.5) is 5.69 Å². The molecule has 20 heavy (non-hydrogen) atoms. The number of amides is 1. The molecule has 0 radical (unpaired) electrons. The van der Waals surface area contributed by atoms with E-state index in [1.165, 1.54) is 0 Å². The summed E-state index contributed by atoms with van der Waals surface area (Å²) in [7, 11) is 0. The van der Waals surface area contributed by atoms with Crippen LogP contribution >= 0.6 is 0 Å². The first-order valence-corrected chi connectivity index (χ1v) is 6.22. The van der Waals surface area contributed by atoms with Crippen LogP contribution in [0.15, 0.2) is 42.6 Å². The lowest BCUT2D eigenvalue weighted by Crippen LogP contribution is -2.13. The molecule has 0 saturated heterocycles. The SMILES string of the molecule is Cc1cc(C(=O)Nc2ccccc2C#CCN)ccn1. The van der Waals surface area contributed by atoms with Gasteiger partial charge in [-0.1, -0.05) is 24.0 Å². The van der Waals surface area contributed by atoms with Gasteiger partial charge in [0.25, 0.3) is 5.91 Å². The number of hydrogen-bond acceptors (Lipinski definition) is 3. The number of nitrogens with one attached hydrogen (secondary N) is 1. The topological polar surface area (TPSA) is 68.0 Å². The van der Waals surface area contributed by atoms with Crippen molar-refractivity contribution in [2.24, 2.45) is 5.73 Å². The monoisotopic (exact) mass is 265 g/mol. The molecule has 1 aromatic heterocycles. The molecule has 4 nitrogen and oxygen atoms in total. The molecule has 0 atom stereocenters. The van der Waals surface area contributed by atoms with Gasteiger partial charge in [-0.05, 0) is 31.2 Å². The lowest BCUT2D eigenvalue weighted by Gasteiger charge is -2.07. The highest BCUT2D eigenvalue weighted by Crippen LogP contribution is 2.15. The highest BCUT2D eigenvalue weighted by Gasteiger charge is 2.08. The van der Waals surface area contributed by atoms with Crippen molar-refractivity contribution in [2.75, 3.05) is 11.9 Å². The number of nitrogens with zero attached hydrogens (tertiary/aromatic N) is 1. The minimum Gasteiger partial charge on any atom is -0.321 e. The van der Waals surface area contributed by atoms with Crippen LogP contribution in [0.1, 0.15) is 21.6 Å². The molecule has 4 heteroatoms. The predicted octanol–water partition coefficient (Wildman–Crippen LogP) is 1.95. The van der Waals surface area contributed by atoms with Crippen LogP contribution in [0, 0.1) is 18.8 Å². The fourth-order valence-electron chi connectivity index (χ4n) is 1.73. The average Bonchev–Trinajstić information content (AvgIpc) is 2.46. The van der Waals surface area contributed by atoms with Crippen LogP contribution in [-0.4, -0.2) is 17.4 Å². The molecule has 0 aliphatic carbocycles. The van der Waals surface area contributed by atoms with Gasteiger partial charge in [0.1, 0.15) is 0 Å². The maximum Gasteiger partial charge on any atom is 0.255 e. The summed E-state index contributed by atoms with van der Waals surface area (Å²) in [5.74, 6) is 5.54. The first-order valence-electron chi connectivity index (χ1n) is 6.22. The molecule has 0 fully saturated rings. The van der Waals surface area contributed by atoms with E-state index in [-0.39, 0.29) is 12.5 Å². The number of nitrogens with two attached hydrogens (primary N) is 1. The van der Waals surface area contributed by atoms with Crippen LogP contribution in [0.3, 0.4) is 0 Å². The van der Waals surface area contributed by atoms with E-state index in [1.54, 1.807) is 18.3 Å². The summed E-state index contributed by atoms with van der Waals surface area (Å²) in [4.78, 5) is 16.3. The maximum absolute atomic E-state index is 12.2. The number of carbonyl (C=O) groups is 1. The van der Waals surface area contributed by atoms with Gasteiger partial charge in [-0.2, -0.15) is 0 Å². The van der Waals surface area contributed by atoms with E-state index in [0.29, 0.717) is 11.3 Å². The summed E-state index contributed by atoms with van der Waals surface area (Å²) in [6.45, 7) is 2.13. The van der Waals surface area contributed by atoms with E-state index in [0.717, 1.165) is 11.3 Å². The van der Waals surface area contributed by atoms with Gasteiger partial charge in [0.05, 0.1) is 12.2 Å². The first-order chi connectivity index (χ1) is 9.70. The number of pyridine rings is 1. The lowest BCUT2D eigenvalue weighted by atomic mass is 10.1. The van der Waals surface area contributed by atoms with Crippen LogP contribution in [-0.2, 0) is 0 Å². The summed E-state index contributed by atoms with van der Waals surface area (Å²) in [6.07, 6.45) is 1.62. The van der Waals surface area contributed by atoms with Crippen molar-refractivity contribution in [2.45, 2.75) is 6.92 Å². The van der Waals surface area contributed by atoms with Crippen molar-refractivity contribution in [3.8, 4) is 11.8 Å². The quantitative estimate of drug-likeness (QED) is 0.815. The minimum absolute atomic E-state index is 0.183. The summed E-state index contributed by atoms with van der Waals surface area (Å²) in [6, 6.07) is 10.8. The van der Waals surface area contributed by atoms with Crippen LogP contribution in [0.25, 0.3) is 0 Å². The molecule has 0 bridgehead atoms. The number of carbonyl (C=O) groups excluding carboxylic acids is 1. The van der Waals surface area contributed by atoms with Crippen molar-refractivity contribution in [3.63, 3.8) is 0 Å². The van der Waals surface area contributed by atoms with Crippen LogP contribution < -0.4 is 11.1 Å². The third-order valence-corrected chi connectivity index (χ3v) is 2.66. The zero-order chi connectivity index (χ0) is 14.4. The van der Waals surface area contributed by atoms with Crippen molar-refractivity contribution in [1.82, 2.24) is 4.98 Å². The molecular weight excluding hydrogens is 250 g/mol. The zero-order valence-electron chi connectivity index (χ0n) is 11.2. The van der Waals surface area contributed by atoms with E-state index < -0.39 is 0 Å². The Hall–Kier alpha value is -2.64. The number of aromatic nitrogens is 1. The van der Waals surface area contributed by atoms with Gasteiger partial charge in [-0.3, -0.25) is 9.78 Å². The third kappa shape index (κ3) is 3.44. The second-order valence-corrected chi connectivity index (χ2v) is 4.19. The van der Waals surface area contributed by atoms with Gasteiger partial charge in [0.15, 0.2) is 0 Å². The Labute approximate surface area is 118 Å². The van der Waals surface area contributed by atoms with Gasteiger partial charge in [-0.25, -0.2) is 0 Å². The van der Waals surface area contributed by atoms with Gasteiger partial charge in [0, 0.05) is 23.0 Å². The first kappa shape index (κ1) is 13.8. The fraction of sp³-hybridized carbons (Fsp3) is 0.125. The molecule has 3 N–H and O–H groups in total. The van der Waals surface area contributed by atoms with Crippen molar-refractivity contribution < 1.29 is 4.79 Å². The molecule has 1 heterocycles. The second kappa shape index (κ2) is 6.50. The average molecular weight is 265 g/mol. The smallest absolute Gasteiger partial charge is 0.255 e. The van der Waals surface area contributed by atoms with E-state index in [9.17, 15) is 4.79 Å². The molecule has 100 valence electrons. The predicted molar refractivity (Wildman–Crippen MR) is 79.3 cm³/mol. The Bertz CT molecular complexity index is 683. The lowest BCUT2D eigenvalue weighted by molar-refractivity contribution is 0.102. The molecule has 1 aromatic carbocycles. The number of hydrogen-bond donors (Lipinski definition) is 2. The Morgan fingerprint density at radius 3 is 2.90 bits per heavy atom. The highest BCUT2D eigenvalue weighted by molar-refractivity contribution is 6.04. The summed E-state index contributed by atoms with van der Waals surface area (Å²) in [5.41, 5.74) is 8.16. The maximum atomic E-state index is 12.2. The zero-order valence-corrected chi connectivity index (χ0v) is 11.2. The molecule has 0 aliphatic heterocycles. The highest BCUT2D eigenvalue weighted by atomic mass is 16.1. The Kier molecular flexibility index (Phi) is 4.48. The number of aryl methyl sites for hydroxylation is 1. The van der Waals surface area contributed by atoms with E-state index in [4.69, 9.17) is 5.73 Å². The van der Waals surface area contributed by atoms with E-state index >= 15 is 0 Å². The number of anilines is 1. The molecular formula is C16H15N3O. The molecule has 0 saturated carbocycles. The largest absolute Gasteiger partial charge is 0.321 e. The number of para-hydroxylation sites is 1. The van der Waals surface area contributed by atoms with Crippen molar-refractivity contribution in [1.29, 1.82) is 0 Å². The molecule has 1 amide bonds. The van der Waals surface area contributed by atoms with Crippen LogP contribution in [0.2, 0.25) is 0 Å². The van der Waals surface area contributed by atoms with E-state index in [1.807, 2.05) is 31.2 Å².